The molecule has 0 saturated carbocycles. The maximum Gasteiger partial charge on any atom is 0.460 e. The molecule has 0 amide bonds. The molecule has 0 aromatic rings. The van der Waals surface area contributed by atoms with Crippen LogP contribution in [0.1, 0.15) is 25.7 Å². The fourth-order valence-electron chi connectivity index (χ4n) is 3.55. The maximum absolute atomic E-state index is 14.0. The summed E-state index contributed by atoms with van der Waals surface area (Å²) in [4.78, 5) is 0. The third kappa shape index (κ3) is 6.42. The summed E-state index contributed by atoms with van der Waals surface area (Å²) in [7, 11) is 0. The van der Waals surface area contributed by atoms with Crippen LogP contribution in [-0.4, -0.2) is 71.6 Å². The summed E-state index contributed by atoms with van der Waals surface area (Å²) in [6, 6.07) is 0. The van der Waals surface area contributed by atoms with Crippen LogP contribution in [0, 0.1) is 5.92 Å². The highest BCUT2D eigenvalue weighted by atomic mass is 19.4. The molecule has 0 N–H and O–H groups in total. The summed E-state index contributed by atoms with van der Waals surface area (Å²) in [5.74, 6) is -80.5. The van der Waals surface area contributed by atoms with Crippen LogP contribution in [0.5, 0.6) is 0 Å². The molecule has 47 heavy (non-hydrogen) atoms. The van der Waals surface area contributed by atoms with Gasteiger partial charge in [-0.05, 0) is 18.8 Å². The van der Waals surface area contributed by atoms with Gasteiger partial charge in [0.05, 0.1) is 0 Å². The average molecular weight is 758 g/mol. The average Bonchev–Trinajstić information content (AvgIpc) is 3.32. The summed E-state index contributed by atoms with van der Waals surface area (Å²) in [5.41, 5.74) is -0.833. The van der Waals surface area contributed by atoms with Gasteiger partial charge in [-0.3, -0.25) is 0 Å². The molecule has 0 bridgehead atoms. The van der Waals surface area contributed by atoms with Crippen LogP contribution in [0.4, 0.5) is 114 Å². The molecule has 0 saturated heterocycles. The molecule has 278 valence electrons. The van der Waals surface area contributed by atoms with E-state index in [1.54, 1.807) is 0 Å². The van der Waals surface area contributed by atoms with Gasteiger partial charge < -0.3 is 0 Å². The van der Waals surface area contributed by atoms with Crippen molar-refractivity contribution in [2.24, 2.45) is 5.92 Å². The third-order valence-electron chi connectivity index (χ3n) is 6.50. The van der Waals surface area contributed by atoms with Gasteiger partial charge >= 0.3 is 71.6 Å². The first-order chi connectivity index (χ1) is 20.2. The third-order valence-corrected chi connectivity index (χ3v) is 6.50. The first-order valence-corrected chi connectivity index (χ1v) is 11.5. The Bertz CT molecular complexity index is 1180. The molecule has 1 rings (SSSR count). The van der Waals surface area contributed by atoms with Crippen molar-refractivity contribution in [2.75, 3.05) is 0 Å². The molecule has 1 atom stereocenters. The first kappa shape index (κ1) is 42.7. The molecule has 1 aliphatic rings. The smallest absolute Gasteiger partial charge is 0.200 e. The van der Waals surface area contributed by atoms with Crippen LogP contribution in [0.15, 0.2) is 23.8 Å². The van der Waals surface area contributed by atoms with Gasteiger partial charge in [-0.2, -0.15) is 114 Å². The van der Waals surface area contributed by atoms with Crippen molar-refractivity contribution in [3.8, 4) is 0 Å². The normalized spacial score (nSPS) is 19.0. The molecule has 1 aliphatic carbocycles. The van der Waals surface area contributed by atoms with Crippen molar-refractivity contribution in [3.63, 3.8) is 0 Å². The fraction of sp³-hybridized carbons (Fsp3) is 0.810. The lowest BCUT2D eigenvalue weighted by atomic mass is 9.87. The highest BCUT2D eigenvalue weighted by Crippen LogP contribution is 2.64. The van der Waals surface area contributed by atoms with E-state index in [0.29, 0.717) is 18.2 Å². The Labute approximate surface area is 242 Å². The minimum atomic E-state index is -8.84. The van der Waals surface area contributed by atoms with E-state index in [2.05, 4.69) is 0 Å². The number of rotatable bonds is 14. The quantitative estimate of drug-likeness (QED) is 0.155. The lowest BCUT2D eigenvalue weighted by Gasteiger charge is -2.42. The second-order valence-electron chi connectivity index (χ2n) is 9.80. The van der Waals surface area contributed by atoms with Crippen LogP contribution in [0.3, 0.4) is 0 Å². The van der Waals surface area contributed by atoms with E-state index >= 15 is 0 Å². The number of halogens is 26. The Morgan fingerprint density at radius 1 is 0.383 bits per heavy atom. The molecule has 0 aromatic heterocycles. The van der Waals surface area contributed by atoms with E-state index in [1.807, 2.05) is 0 Å². The van der Waals surface area contributed by atoms with Gasteiger partial charge in [-0.1, -0.05) is 23.8 Å². The minimum Gasteiger partial charge on any atom is -0.200 e. The standard InChI is InChI=1S/C21H12F26/c22-10(23,12(26,27)14(30,31)15(32,33)16(34,35)17(36,37)19(40,41)21(45,46)47)5-3-8-1-2-9(7-8)4-6-11(24,25)13(28,29)18(38,39)20(42,43)44/h1-2,7-8H,3-6H2. The Morgan fingerprint density at radius 3 is 1.06 bits per heavy atom. The van der Waals surface area contributed by atoms with E-state index in [1.165, 1.54) is 0 Å². The van der Waals surface area contributed by atoms with Crippen molar-refractivity contribution in [3.05, 3.63) is 23.8 Å². The second kappa shape index (κ2) is 11.6. The van der Waals surface area contributed by atoms with Gasteiger partial charge in [-0.25, -0.2) is 0 Å². The highest BCUT2D eigenvalue weighted by Gasteiger charge is 2.95. The topological polar surface area (TPSA) is 0 Å². The zero-order valence-corrected chi connectivity index (χ0v) is 21.5. The lowest BCUT2D eigenvalue weighted by Crippen LogP contribution is -2.74. The summed E-state index contributed by atoms with van der Waals surface area (Å²) < 4.78 is 342. The second-order valence-corrected chi connectivity index (χ2v) is 9.80. The Balaban J connectivity index is 3.21. The predicted octanol–water partition coefficient (Wildman–Crippen LogP) is 11.1. The van der Waals surface area contributed by atoms with Crippen LogP contribution < -0.4 is 0 Å². The molecule has 26 heteroatoms. The van der Waals surface area contributed by atoms with E-state index in [0.717, 1.165) is 0 Å². The van der Waals surface area contributed by atoms with E-state index in [4.69, 9.17) is 0 Å². The van der Waals surface area contributed by atoms with E-state index in [9.17, 15) is 114 Å². The van der Waals surface area contributed by atoms with Gasteiger partial charge in [0, 0.05) is 12.8 Å². The molecule has 0 heterocycles. The zero-order chi connectivity index (χ0) is 38.1. The number of hydrogen-bond donors (Lipinski definition) is 0. The van der Waals surface area contributed by atoms with Gasteiger partial charge in [0.15, 0.2) is 0 Å². The van der Waals surface area contributed by atoms with Crippen molar-refractivity contribution in [2.45, 2.75) is 97.3 Å². The first-order valence-electron chi connectivity index (χ1n) is 11.5. The largest absolute Gasteiger partial charge is 0.460 e. The van der Waals surface area contributed by atoms with Crippen LogP contribution >= 0.6 is 0 Å². The SMILES string of the molecule is FC(F)(F)C(F)(F)C(F)(F)C(F)(F)CCC1=CC(CCC(F)(F)C(F)(F)C(F)(F)C(F)(F)C(F)(F)C(F)(F)C(F)(F)C(F)(F)F)C=C1. The number of alkyl halides is 26. The highest BCUT2D eigenvalue weighted by molar-refractivity contribution is 5.29. The summed E-state index contributed by atoms with van der Waals surface area (Å²) in [5, 5.41) is 0. The molecule has 0 aliphatic heterocycles. The molecule has 0 fully saturated rings. The summed E-state index contributed by atoms with van der Waals surface area (Å²) >= 11 is 0. The fourth-order valence-corrected chi connectivity index (χ4v) is 3.55. The van der Waals surface area contributed by atoms with Gasteiger partial charge in [-0.15, -0.1) is 0 Å². The molecular formula is C21H12F26. The van der Waals surface area contributed by atoms with Crippen LogP contribution in [-0.2, 0) is 0 Å². The Kier molecular flexibility index (Phi) is 10.6. The minimum absolute atomic E-state index is 0.297. The van der Waals surface area contributed by atoms with Crippen molar-refractivity contribution >= 4 is 0 Å². The Morgan fingerprint density at radius 2 is 0.681 bits per heavy atom. The molecule has 0 nitrogen and oxygen atoms in total. The van der Waals surface area contributed by atoms with Crippen molar-refractivity contribution in [1.29, 1.82) is 0 Å². The van der Waals surface area contributed by atoms with Crippen LogP contribution in [0.25, 0.3) is 0 Å². The number of allylic oxidation sites excluding steroid dienone is 4. The molecule has 1 unspecified atom stereocenters. The van der Waals surface area contributed by atoms with Gasteiger partial charge in [0.25, 0.3) is 0 Å². The monoisotopic (exact) mass is 758 g/mol. The van der Waals surface area contributed by atoms with Crippen molar-refractivity contribution in [1.82, 2.24) is 0 Å². The van der Waals surface area contributed by atoms with E-state index < -0.39 is 109 Å². The lowest BCUT2D eigenvalue weighted by molar-refractivity contribution is -0.461. The molecule has 0 radical (unpaired) electrons. The van der Waals surface area contributed by atoms with Gasteiger partial charge in [0.1, 0.15) is 0 Å². The summed E-state index contributed by atoms with van der Waals surface area (Å²) in [6.07, 6.45) is -22.8. The van der Waals surface area contributed by atoms with Crippen LogP contribution in [0.2, 0.25) is 0 Å². The van der Waals surface area contributed by atoms with E-state index in [-0.39, 0.29) is 0 Å². The predicted molar refractivity (Wildman–Crippen MR) is 101 cm³/mol. The summed E-state index contributed by atoms with van der Waals surface area (Å²) in [6.45, 7) is 0. The maximum atomic E-state index is 14.0. The number of hydrogen-bond acceptors (Lipinski definition) is 0. The Hall–Kier alpha value is -2.34. The molecule has 0 aromatic carbocycles. The van der Waals surface area contributed by atoms with Gasteiger partial charge in [0.2, 0.25) is 0 Å². The molecule has 0 spiro atoms. The van der Waals surface area contributed by atoms with Crippen molar-refractivity contribution < 1.29 is 114 Å². The zero-order valence-electron chi connectivity index (χ0n) is 21.5. The molecular weight excluding hydrogens is 746 g/mol.